The van der Waals surface area contributed by atoms with Gasteiger partial charge >= 0.3 is 0 Å². The molecule has 1 aliphatic heterocycles. The first-order valence-electron chi connectivity index (χ1n) is 10.7. The number of ether oxygens (including phenoxy) is 3. The van der Waals surface area contributed by atoms with E-state index in [0.29, 0.717) is 37.0 Å². The molecule has 1 atom stereocenters. The molecule has 174 valence electrons. The average Bonchev–Trinajstić information content (AvgIpc) is 2.72. The highest BCUT2D eigenvalue weighted by Gasteiger charge is 2.68. The van der Waals surface area contributed by atoms with Crippen LogP contribution in [0.25, 0.3) is 0 Å². The normalized spacial score (nSPS) is 26.6. The second-order valence-electron chi connectivity index (χ2n) is 9.35. The van der Waals surface area contributed by atoms with Gasteiger partial charge in [-0.3, -0.25) is 9.59 Å². The number of halogens is 3. The highest BCUT2D eigenvalue weighted by molar-refractivity contribution is 5.84. The number of nitrogens with one attached hydrogen (secondary N) is 1. The molecule has 2 bridgehead atoms. The van der Waals surface area contributed by atoms with Crippen LogP contribution in [-0.2, 0) is 9.59 Å². The Labute approximate surface area is 188 Å². The van der Waals surface area contributed by atoms with Crippen molar-refractivity contribution >= 4 is 11.7 Å². The van der Waals surface area contributed by atoms with Crippen molar-refractivity contribution in [3.63, 3.8) is 0 Å². The summed E-state index contributed by atoms with van der Waals surface area (Å²) in [5.74, 6) is -2.65. The first kappa shape index (κ1) is 21.6. The van der Waals surface area contributed by atoms with Gasteiger partial charge in [-0.1, -0.05) is 6.07 Å². The van der Waals surface area contributed by atoms with Crippen molar-refractivity contribution in [2.75, 3.05) is 13.2 Å². The van der Waals surface area contributed by atoms with E-state index >= 15 is 0 Å². The van der Waals surface area contributed by atoms with E-state index in [2.05, 4.69) is 5.32 Å². The van der Waals surface area contributed by atoms with Gasteiger partial charge in [-0.15, -0.1) is 0 Å². The molecular weight excluding hydrogens is 439 g/mol. The minimum Gasteiger partial charge on any atom is -0.486 e. The molecule has 6 nitrogen and oxygen atoms in total. The van der Waals surface area contributed by atoms with Crippen LogP contribution in [0, 0.1) is 29.8 Å². The van der Waals surface area contributed by atoms with Gasteiger partial charge in [0.15, 0.2) is 28.9 Å². The fraction of sp³-hybridized carbons (Fsp3) is 0.417. The maximum atomic E-state index is 13.6. The van der Waals surface area contributed by atoms with Crippen LogP contribution in [0.5, 0.6) is 17.2 Å². The van der Waals surface area contributed by atoms with Gasteiger partial charge in [0.1, 0.15) is 24.8 Å². The predicted octanol–water partition coefficient (Wildman–Crippen LogP) is 3.63. The summed E-state index contributed by atoms with van der Waals surface area (Å²) in [6.45, 7) is 1.41. The number of ketones is 1. The van der Waals surface area contributed by atoms with Crippen molar-refractivity contribution in [1.82, 2.24) is 5.32 Å². The van der Waals surface area contributed by atoms with Gasteiger partial charge in [0, 0.05) is 30.2 Å². The first-order chi connectivity index (χ1) is 15.7. The molecule has 33 heavy (non-hydrogen) atoms. The van der Waals surface area contributed by atoms with E-state index in [9.17, 15) is 22.8 Å². The fourth-order valence-corrected chi connectivity index (χ4v) is 5.15. The molecule has 1 N–H and O–H groups in total. The molecule has 3 aliphatic carbocycles. The second-order valence-corrected chi connectivity index (χ2v) is 9.35. The number of amides is 1. The number of fused-ring (bicyclic) bond motifs is 1. The second kappa shape index (κ2) is 7.67. The molecule has 2 aromatic rings. The molecule has 0 radical (unpaired) electrons. The Balaban J connectivity index is 1.09. The van der Waals surface area contributed by atoms with Crippen LogP contribution < -0.4 is 19.5 Å². The Morgan fingerprint density at radius 2 is 1.76 bits per heavy atom. The summed E-state index contributed by atoms with van der Waals surface area (Å²) in [6, 6.07) is 6.22. The lowest BCUT2D eigenvalue weighted by atomic mass is 9.38. The monoisotopic (exact) mass is 461 g/mol. The van der Waals surface area contributed by atoms with Crippen LogP contribution in [0.2, 0.25) is 0 Å². The predicted molar refractivity (Wildman–Crippen MR) is 110 cm³/mol. The number of hydrogen-bond donors (Lipinski definition) is 1. The summed E-state index contributed by atoms with van der Waals surface area (Å²) >= 11 is 0. The van der Waals surface area contributed by atoms with Gasteiger partial charge in [-0.05, 0) is 43.2 Å². The molecule has 3 saturated carbocycles. The van der Waals surface area contributed by atoms with Crippen molar-refractivity contribution in [2.45, 2.75) is 44.2 Å². The van der Waals surface area contributed by atoms with Crippen LogP contribution >= 0.6 is 0 Å². The number of rotatable bonds is 7. The van der Waals surface area contributed by atoms with E-state index in [4.69, 9.17) is 14.2 Å². The first-order valence-corrected chi connectivity index (χ1v) is 10.7. The van der Waals surface area contributed by atoms with E-state index in [1.807, 2.05) is 0 Å². The van der Waals surface area contributed by atoms with Crippen molar-refractivity contribution in [1.29, 1.82) is 0 Å². The van der Waals surface area contributed by atoms with Crippen molar-refractivity contribution in [2.24, 2.45) is 5.41 Å². The van der Waals surface area contributed by atoms with Gasteiger partial charge in [-0.2, -0.15) is 0 Å². The summed E-state index contributed by atoms with van der Waals surface area (Å²) in [5.41, 5.74) is -0.0234. The molecular formula is C24H22F3NO5. The lowest BCUT2D eigenvalue weighted by Gasteiger charge is -2.70. The lowest BCUT2D eigenvalue weighted by Crippen LogP contribution is -2.76. The van der Waals surface area contributed by atoms with Crippen molar-refractivity contribution in [3.8, 4) is 17.2 Å². The standard InChI is InChI=1S/C24H22F3NO5/c1-13-2-3-15(4-16(13)25)31-8-14(29)7-23-10-24(11-23,12-23)28-22(30)21-9-32-19-5-17(26)18(27)6-20(19)33-21/h2-6,21H,7-12H2,1H3,(H,28,30). The molecule has 4 aliphatic rings. The van der Waals surface area contributed by atoms with E-state index in [-0.39, 0.29) is 47.3 Å². The Kier molecular flexibility index (Phi) is 5.02. The molecule has 1 heterocycles. The molecule has 3 fully saturated rings. The summed E-state index contributed by atoms with van der Waals surface area (Å²) in [5, 5.41) is 2.96. The molecule has 0 spiro atoms. The van der Waals surface area contributed by atoms with E-state index in [1.54, 1.807) is 19.1 Å². The number of Topliss-reactive ketones (excluding diaryl/α,β-unsaturated/α-hetero) is 1. The largest absolute Gasteiger partial charge is 0.486 e. The average molecular weight is 461 g/mol. The van der Waals surface area contributed by atoms with Gasteiger partial charge in [0.2, 0.25) is 6.10 Å². The minimum absolute atomic E-state index is 0.0200. The summed E-state index contributed by atoms with van der Waals surface area (Å²) in [4.78, 5) is 25.0. The zero-order chi connectivity index (χ0) is 23.4. The van der Waals surface area contributed by atoms with Crippen LogP contribution in [0.1, 0.15) is 31.2 Å². The highest BCUT2D eigenvalue weighted by Crippen LogP contribution is 2.69. The Morgan fingerprint density at radius 1 is 1.06 bits per heavy atom. The summed E-state index contributed by atoms with van der Waals surface area (Å²) in [7, 11) is 0. The van der Waals surface area contributed by atoms with Crippen LogP contribution in [0.4, 0.5) is 13.2 Å². The Bertz CT molecular complexity index is 1130. The number of carbonyl (C=O) groups is 2. The zero-order valence-corrected chi connectivity index (χ0v) is 17.9. The third-order valence-electron chi connectivity index (χ3n) is 6.58. The van der Waals surface area contributed by atoms with Gasteiger partial charge < -0.3 is 19.5 Å². The molecule has 1 amide bonds. The van der Waals surface area contributed by atoms with Crippen molar-refractivity contribution in [3.05, 3.63) is 53.3 Å². The topological polar surface area (TPSA) is 73.9 Å². The van der Waals surface area contributed by atoms with Crippen LogP contribution in [-0.4, -0.2) is 36.5 Å². The third kappa shape index (κ3) is 4.00. The van der Waals surface area contributed by atoms with E-state index in [1.165, 1.54) is 6.07 Å². The minimum atomic E-state index is -1.08. The smallest absolute Gasteiger partial charge is 0.265 e. The maximum absolute atomic E-state index is 13.6. The molecule has 0 saturated heterocycles. The van der Waals surface area contributed by atoms with E-state index in [0.717, 1.165) is 12.1 Å². The van der Waals surface area contributed by atoms with Gasteiger partial charge in [0.25, 0.3) is 5.91 Å². The summed E-state index contributed by atoms with van der Waals surface area (Å²) < 4.78 is 56.6. The molecule has 1 unspecified atom stereocenters. The SMILES string of the molecule is Cc1ccc(OCC(=O)CC23CC(NC(=O)C4COc5cc(F)c(F)cc5O4)(C2)C3)cc1F. The quantitative estimate of drug-likeness (QED) is 0.682. The Hall–Kier alpha value is -3.23. The summed E-state index contributed by atoms with van der Waals surface area (Å²) in [6.07, 6.45) is 1.36. The van der Waals surface area contributed by atoms with Gasteiger partial charge in [-0.25, -0.2) is 13.2 Å². The highest BCUT2D eigenvalue weighted by atomic mass is 19.2. The molecule has 2 aromatic carbocycles. The fourth-order valence-electron chi connectivity index (χ4n) is 5.15. The van der Waals surface area contributed by atoms with E-state index < -0.39 is 23.6 Å². The molecule has 0 aromatic heterocycles. The number of hydrogen-bond acceptors (Lipinski definition) is 5. The third-order valence-corrected chi connectivity index (χ3v) is 6.58. The van der Waals surface area contributed by atoms with Crippen molar-refractivity contribution < 1.29 is 37.0 Å². The van der Waals surface area contributed by atoms with Crippen LogP contribution in [0.15, 0.2) is 30.3 Å². The lowest BCUT2D eigenvalue weighted by molar-refractivity contribution is -0.176. The van der Waals surface area contributed by atoms with Gasteiger partial charge in [0.05, 0.1) is 0 Å². The number of aryl methyl sites for hydroxylation is 1. The number of benzene rings is 2. The Morgan fingerprint density at radius 3 is 2.45 bits per heavy atom. The zero-order valence-electron chi connectivity index (χ0n) is 17.9. The number of carbonyl (C=O) groups excluding carboxylic acids is 2. The molecule has 6 rings (SSSR count). The maximum Gasteiger partial charge on any atom is 0.265 e. The molecule has 9 heteroatoms. The van der Waals surface area contributed by atoms with Crippen LogP contribution in [0.3, 0.4) is 0 Å².